The van der Waals surface area contributed by atoms with Crippen molar-refractivity contribution in [3.8, 4) is 0 Å². The molecule has 8 atom stereocenters. The molecule has 1 rings (SSSR count). The van der Waals surface area contributed by atoms with E-state index in [1.165, 1.54) is 14.2 Å². The van der Waals surface area contributed by atoms with E-state index >= 15 is 0 Å². The first-order valence-corrected chi connectivity index (χ1v) is 23.3. The fourth-order valence-electron chi connectivity index (χ4n) is 7.86. The Morgan fingerprint density at radius 1 is 0.785 bits per heavy atom. The lowest BCUT2D eigenvalue weighted by atomic mass is 9.89. The lowest BCUT2D eigenvalue weighted by molar-refractivity contribution is -0.158. The molecule has 0 aliphatic carbocycles. The van der Waals surface area contributed by atoms with Gasteiger partial charge in [-0.2, -0.15) is 0 Å². The van der Waals surface area contributed by atoms with Crippen molar-refractivity contribution in [3.63, 3.8) is 0 Å². The molecular weight excluding hydrogens is 837 g/mol. The summed E-state index contributed by atoms with van der Waals surface area (Å²) in [6.45, 7) is 22.7. The number of likely N-dealkylation sites (N-methyl/N-ethyl adjacent to an activating group) is 2. The molecule has 5 N–H and O–H groups in total. The summed E-state index contributed by atoms with van der Waals surface area (Å²) in [5.41, 5.74) is 0.910. The zero-order chi connectivity index (χ0) is 49.1. The Morgan fingerprint density at radius 2 is 1.37 bits per heavy atom. The summed E-state index contributed by atoms with van der Waals surface area (Å²) in [4.78, 5) is 66.5. The number of hydrogen-bond donors (Lipinski definition) is 4. The fourth-order valence-corrected chi connectivity index (χ4v) is 7.86. The normalized spacial score (nSPS) is 15.4. The lowest BCUT2D eigenvalue weighted by Crippen LogP contribution is -2.60. The predicted octanol–water partition coefficient (Wildman–Crippen LogP) is 4.34. The predicted molar refractivity (Wildman–Crippen MR) is 252 cm³/mol. The number of benzene rings is 1. The second-order valence-corrected chi connectivity index (χ2v) is 17.5. The van der Waals surface area contributed by atoms with Crippen LogP contribution in [0.3, 0.4) is 0 Å². The molecule has 1 aromatic rings. The molecule has 0 saturated heterocycles. The van der Waals surface area contributed by atoms with Crippen LogP contribution in [0.5, 0.6) is 0 Å². The second kappa shape index (κ2) is 32.9. The molecule has 17 heteroatoms. The Morgan fingerprint density at radius 3 is 1.86 bits per heavy atom. The summed E-state index contributed by atoms with van der Waals surface area (Å²) in [5, 5.41) is 16.4. The minimum atomic E-state index is -0.941. The first kappa shape index (κ1) is 59.3. The van der Waals surface area contributed by atoms with Crippen LogP contribution in [0.4, 0.5) is 0 Å². The molecule has 4 amide bonds. The van der Waals surface area contributed by atoms with Crippen LogP contribution in [0.2, 0.25) is 0 Å². The van der Waals surface area contributed by atoms with Crippen LogP contribution in [0.25, 0.3) is 0 Å². The molecule has 7 unspecified atom stereocenters. The zero-order valence-corrected chi connectivity index (χ0v) is 41.7. The Kier molecular flexibility index (Phi) is 30.0. The van der Waals surface area contributed by atoms with Crippen molar-refractivity contribution < 1.29 is 52.8 Å². The maximum atomic E-state index is 14.6. The van der Waals surface area contributed by atoms with Gasteiger partial charge in [0.25, 0.3) is 0 Å². The number of aliphatic hydroxyl groups is 1. The molecular formula is C48H86N6O11. The van der Waals surface area contributed by atoms with Crippen LogP contribution >= 0.6 is 0 Å². The molecule has 0 saturated carbocycles. The highest BCUT2D eigenvalue weighted by molar-refractivity contribution is 5.90. The van der Waals surface area contributed by atoms with E-state index in [2.05, 4.69) is 22.1 Å². The number of amides is 4. The number of carbonyl (C=O) groups excluding carboxylic acids is 4. The van der Waals surface area contributed by atoms with Crippen LogP contribution in [-0.2, 0) is 54.1 Å². The smallest absolute Gasteiger partial charge is 0.245 e. The van der Waals surface area contributed by atoms with E-state index in [-0.39, 0.29) is 47.7 Å². The topological polar surface area (TPSA) is 204 Å². The Hall–Kier alpha value is -3.68. The monoisotopic (exact) mass is 923 g/mol. The van der Waals surface area contributed by atoms with Crippen molar-refractivity contribution in [3.05, 3.63) is 48.2 Å². The van der Waals surface area contributed by atoms with Crippen LogP contribution < -0.4 is 16.5 Å². The first-order valence-electron chi connectivity index (χ1n) is 23.3. The van der Waals surface area contributed by atoms with E-state index < -0.39 is 48.3 Å². The quantitative estimate of drug-likeness (QED) is 0.0321. The van der Waals surface area contributed by atoms with Crippen LogP contribution in [0.15, 0.2) is 42.7 Å². The van der Waals surface area contributed by atoms with E-state index in [0.717, 1.165) is 12.0 Å². The zero-order valence-electron chi connectivity index (χ0n) is 41.7. The third kappa shape index (κ3) is 20.8. The number of unbranched alkanes of at least 4 members (excludes halogenated alkanes) is 1. The van der Waals surface area contributed by atoms with Gasteiger partial charge in [0.2, 0.25) is 23.6 Å². The van der Waals surface area contributed by atoms with Gasteiger partial charge in [-0.3, -0.25) is 24.1 Å². The molecule has 0 aliphatic heterocycles. The molecule has 0 heterocycles. The van der Waals surface area contributed by atoms with Gasteiger partial charge in [-0.25, -0.2) is 5.90 Å². The molecule has 65 heavy (non-hydrogen) atoms. The van der Waals surface area contributed by atoms with Gasteiger partial charge in [0.15, 0.2) is 0 Å². The largest absolute Gasteiger partial charge is 0.511 e. The number of methoxy groups -OCH3 is 2. The number of carbonyl (C=O) groups is 4. The van der Waals surface area contributed by atoms with Gasteiger partial charge in [-0.15, -0.1) is 0 Å². The standard InChI is InChI=1S/C48H86N6O11/c1-14-16-22-54(48(61-13)36(8)45(57)50-39(37(9)55)31-38-20-18-17-19-21-38)41(56)32-40(60-12)44(35(7)15-2)53(11)47(59)42(33(3)4)51-46(58)43(34(5)6)52(10)23-24-62-25-26-63-27-28-64-29-30-65-49/h17-21,33-36,39-40,42-44,48,55H,9,14-16,22-32,49H2,1-8,10-13H3,(H,50,57)(H,51,58)/t35?,36?,39?,40?,42-,43?,44?,48?/m0/s1. The van der Waals surface area contributed by atoms with Crippen molar-refractivity contribution in [1.29, 1.82) is 0 Å². The van der Waals surface area contributed by atoms with E-state index in [1.54, 1.807) is 23.8 Å². The van der Waals surface area contributed by atoms with Gasteiger partial charge in [0.1, 0.15) is 18.0 Å². The van der Waals surface area contributed by atoms with Gasteiger partial charge in [-0.1, -0.05) is 98.2 Å². The third-order valence-electron chi connectivity index (χ3n) is 11.8. The number of nitrogens with zero attached hydrogens (tertiary/aromatic N) is 3. The SMILES string of the molecule is C=C(O)C(Cc1ccccc1)NC(=O)C(C)C(OC)N(CCCC)C(=O)CC(OC)C(C(C)CC)N(C)C(=O)[C@@H](NC(=O)C(C(C)C)N(C)CCOCCOCCOCCON)C(C)C. The van der Waals surface area contributed by atoms with Gasteiger partial charge in [-0.05, 0) is 50.1 Å². The molecule has 0 spiro atoms. The molecule has 0 bridgehead atoms. The second-order valence-electron chi connectivity index (χ2n) is 17.5. The van der Waals surface area contributed by atoms with Gasteiger partial charge in [0, 0.05) is 34.4 Å². The van der Waals surface area contributed by atoms with E-state index in [9.17, 15) is 24.3 Å². The Bertz CT molecular complexity index is 1500. The van der Waals surface area contributed by atoms with E-state index in [0.29, 0.717) is 78.6 Å². The summed E-state index contributed by atoms with van der Waals surface area (Å²) < 4.78 is 28.6. The van der Waals surface area contributed by atoms with Crippen molar-refractivity contribution in [2.24, 2.45) is 29.6 Å². The van der Waals surface area contributed by atoms with Crippen molar-refractivity contribution in [1.82, 2.24) is 25.3 Å². The van der Waals surface area contributed by atoms with Crippen molar-refractivity contribution in [2.45, 2.75) is 124 Å². The van der Waals surface area contributed by atoms with Crippen molar-refractivity contribution in [2.75, 3.05) is 87.7 Å². The number of rotatable bonds is 36. The van der Waals surface area contributed by atoms with Gasteiger partial charge >= 0.3 is 0 Å². The maximum Gasteiger partial charge on any atom is 0.245 e. The highest BCUT2D eigenvalue weighted by Gasteiger charge is 2.41. The minimum absolute atomic E-state index is 0.0735. The van der Waals surface area contributed by atoms with Crippen LogP contribution in [-0.4, -0.2) is 168 Å². The first-order chi connectivity index (χ1) is 30.9. The lowest BCUT2D eigenvalue weighted by Gasteiger charge is -2.41. The van der Waals surface area contributed by atoms with Crippen LogP contribution in [0, 0.1) is 23.7 Å². The van der Waals surface area contributed by atoms with Crippen molar-refractivity contribution >= 4 is 23.6 Å². The number of nitrogens with two attached hydrogens (primary N) is 1. The molecule has 0 radical (unpaired) electrons. The molecule has 0 aromatic heterocycles. The molecule has 1 aromatic carbocycles. The number of aliphatic hydroxyl groups excluding tert-OH is 1. The Labute approximate surface area is 390 Å². The van der Waals surface area contributed by atoms with Gasteiger partial charge < -0.3 is 54.1 Å². The summed E-state index contributed by atoms with van der Waals surface area (Å²) >= 11 is 0. The number of nitrogens with one attached hydrogen (secondary N) is 2. The third-order valence-corrected chi connectivity index (χ3v) is 11.8. The van der Waals surface area contributed by atoms with Gasteiger partial charge in [0.05, 0.1) is 82.8 Å². The summed E-state index contributed by atoms with van der Waals surface area (Å²) in [7, 11) is 6.56. The summed E-state index contributed by atoms with van der Waals surface area (Å²) in [6.07, 6.45) is 0.677. The average molecular weight is 923 g/mol. The minimum Gasteiger partial charge on any atom is -0.511 e. The Balaban J connectivity index is 3.19. The highest BCUT2D eigenvalue weighted by Crippen LogP contribution is 2.26. The number of ether oxygens (including phenoxy) is 5. The molecule has 374 valence electrons. The van der Waals surface area contributed by atoms with Crippen LogP contribution in [0.1, 0.15) is 86.6 Å². The summed E-state index contributed by atoms with van der Waals surface area (Å²) in [5.74, 6) is 2.26. The molecule has 0 aliphatic rings. The highest BCUT2D eigenvalue weighted by atomic mass is 16.6. The molecule has 0 fully saturated rings. The average Bonchev–Trinajstić information content (AvgIpc) is 3.27. The number of hydrogen-bond acceptors (Lipinski definition) is 13. The fraction of sp³-hybridized carbons (Fsp3) is 0.750. The summed E-state index contributed by atoms with van der Waals surface area (Å²) in [6, 6.07) is 6.76. The maximum absolute atomic E-state index is 14.6. The van der Waals surface area contributed by atoms with E-state index in [1.807, 2.05) is 90.7 Å². The van der Waals surface area contributed by atoms with E-state index in [4.69, 9.17) is 29.6 Å². The molecule has 17 nitrogen and oxygen atoms in total.